The van der Waals surface area contributed by atoms with Gasteiger partial charge in [-0.25, -0.2) is 0 Å². The van der Waals surface area contributed by atoms with Crippen molar-refractivity contribution < 1.29 is 9.53 Å². The van der Waals surface area contributed by atoms with Crippen LogP contribution < -0.4 is 10.1 Å². The number of halogens is 1. The smallest absolute Gasteiger partial charge is 0.274 e. The van der Waals surface area contributed by atoms with Crippen molar-refractivity contribution in [2.75, 3.05) is 11.9 Å². The van der Waals surface area contributed by atoms with Gasteiger partial charge in [-0.1, -0.05) is 30.7 Å². The van der Waals surface area contributed by atoms with Crippen LogP contribution in [0.3, 0.4) is 0 Å². The Balaban J connectivity index is 2.15. The van der Waals surface area contributed by atoms with Crippen LogP contribution >= 0.6 is 11.6 Å². The van der Waals surface area contributed by atoms with Gasteiger partial charge in [-0.3, -0.25) is 9.78 Å². The molecule has 1 amide bonds. The molecule has 0 saturated heterocycles. The molecule has 20 heavy (non-hydrogen) atoms. The molecule has 0 spiro atoms. The highest BCUT2D eigenvalue weighted by atomic mass is 35.5. The first-order valence-corrected chi connectivity index (χ1v) is 6.73. The summed E-state index contributed by atoms with van der Waals surface area (Å²) in [6.07, 6.45) is 2.40. The van der Waals surface area contributed by atoms with Crippen LogP contribution in [0, 0.1) is 0 Å². The number of hydrogen-bond donors (Lipinski definition) is 1. The van der Waals surface area contributed by atoms with E-state index in [2.05, 4.69) is 10.3 Å². The highest BCUT2D eigenvalue weighted by Gasteiger charge is 2.11. The number of nitrogens with zero attached hydrogens (tertiary/aromatic N) is 1. The summed E-state index contributed by atoms with van der Waals surface area (Å²) in [6, 6.07) is 10.4. The Hall–Kier alpha value is -2.07. The Kier molecular flexibility index (Phi) is 4.96. The fraction of sp³-hybridized carbons (Fsp3) is 0.200. The van der Waals surface area contributed by atoms with Crippen LogP contribution in [-0.4, -0.2) is 17.5 Å². The molecule has 2 aromatic rings. The van der Waals surface area contributed by atoms with Crippen molar-refractivity contribution in [3.63, 3.8) is 0 Å². The van der Waals surface area contributed by atoms with E-state index in [0.29, 0.717) is 23.1 Å². The second kappa shape index (κ2) is 6.91. The van der Waals surface area contributed by atoms with Gasteiger partial charge in [-0.15, -0.1) is 0 Å². The van der Waals surface area contributed by atoms with Crippen molar-refractivity contribution in [2.45, 2.75) is 13.3 Å². The number of carbonyl (C=O) groups excluding carboxylic acids is 1. The third-order valence-electron chi connectivity index (χ3n) is 2.55. The van der Waals surface area contributed by atoms with E-state index in [-0.39, 0.29) is 11.6 Å². The predicted molar refractivity (Wildman–Crippen MR) is 79.4 cm³/mol. The Morgan fingerprint density at radius 3 is 2.90 bits per heavy atom. The Morgan fingerprint density at radius 2 is 2.15 bits per heavy atom. The summed E-state index contributed by atoms with van der Waals surface area (Å²) < 4.78 is 5.59. The zero-order chi connectivity index (χ0) is 14.4. The van der Waals surface area contributed by atoms with E-state index in [1.165, 1.54) is 12.3 Å². The molecule has 1 heterocycles. The number of rotatable bonds is 5. The maximum atomic E-state index is 12.1. The predicted octanol–water partition coefficient (Wildman–Crippen LogP) is 3.78. The second-order valence-electron chi connectivity index (χ2n) is 4.16. The summed E-state index contributed by atoms with van der Waals surface area (Å²) in [5.74, 6) is 0.324. The van der Waals surface area contributed by atoms with Gasteiger partial charge in [0.05, 0.1) is 12.3 Å². The largest absolute Gasteiger partial charge is 0.491 e. The van der Waals surface area contributed by atoms with Crippen LogP contribution in [0.2, 0.25) is 5.02 Å². The molecule has 5 heteroatoms. The van der Waals surface area contributed by atoms with Crippen LogP contribution in [-0.2, 0) is 0 Å². The van der Waals surface area contributed by atoms with E-state index < -0.39 is 0 Å². The van der Waals surface area contributed by atoms with E-state index in [0.717, 1.165) is 6.42 Å². The lowest BCUT2D eigenvalue weighted by Gasteiger charge is -2.11. The molecule has 0 bridgehead atoms. The molecule has 0 aliphatic carbocycles. The normalized spacial score (nSPS) is 10.1. The summed E-state index contributed by atoms with van der Waals surface area (Å²) in [7, 11) is 0. The molecule has 0 atom stereocenters. The second-order valence-corrected chi connectivity index (χ2v) is 4.59. The number of para-hydroxylation sites is 2. The Morgan fingerprint density at radius 1 is 1.35 bits per heavy atom. The molecule has 0 aliphatic heterocycles. The molecule has 0 radical (unpaired) electrons. The Bertz CT molecular complexity index is 602. The third kappa shape index (κ3) is 3.71. The van der Waals surface area contributed by atoms with E-state index in [1.807, 2.05) is 25.1 Å². The lowest BCUT2D eigenvalue weighted by atomic mass is 10.2. The van der Waals surface area contributed by atoms with E-state index in [4.69, 9.17) is 16.3 Å². The lowest BCUT2D eigenvalue weighted by Crippen LogP contribution is -2.14. The van der Waals surface area contributed by atoms with Crippen LogP contribution in [0.25, 0.3) is 0 Å². The van der Waals surface area contributed by atoms with Crippen LogP contribution in [0.4, 0.5) is 5.69 Å². The molecule has 1 aromatic heterocycles. The van der Waals surface area contributed by atoms with Crippen molar-refractivity contribution in [1.29, 1.82) is 0 Å². The van der Waals surface area contributed by atoms with Crippen LogP contribution in [0.15, 0.2) is 42.6 Å². The number of hydrogen-bond acceptors (Lipinski definition) is 3. The zero-order valence-electron chi connectivity index (χ0n) is 11.1. The minimum atomic E-state index is -0.319. The first-order chi connectivity index (χ1) is 9.70. The van der Waals surface area contributed by atoms with Crippen molar-refractivity contribution in [2.24, 2.45) is 0 Å². The summed E-state index contributed by atoms with van der Waals surface area (Å²) in [4.78, 5) is 16.1. The average Bonchev–Trinajstić information content (AvgIpc) is 2.46. The molecule has 0 unspecified atom stereocenters. The molecule has 1 N–H and O–H groups in total. The number of carbonyl (C=O) groups is 1. The highest BCUT2D eigenvalue weighted by molar-refractivity contribution is 6.30. The first kappa shape index (κ1) is 14.3. The summed E-state index contributed by atoms with van der Waals surface area (Å²) in [5, 5.41) is 3.25. The zero-order valence-corrected chi connectivity index (χ0v) is 11.9. The van der Waals surface area contributed by atoms with Gasteiger partial charge >= 0.3 is 0 Å². The monoisotopic (exact) mass is 290 g/mol. The lowest BCUT2D eigenvalue weighted by molar-refractivity contribution is 0.102. The topological polar surface area (TPSA) is 51.2 Å². The van der Waals surface area contributed by atoms with Crippen LogP contribution in [0.5, 0.6) is 5.75 Å². The van der Waals surface area contributed by atoms with Gasteiger partial charge in [0, 0.05) is 11.2 Å². The molecule has 2 rings (SSSR count). The standard InChI is InChI=1S/C15H15ClN2O2/c1-2-9-20-14-6-4-3-5-12(14)18-15(19)13-10-11(16)7-8-17-13/h3-8,10H,2,9H2,1H3,(H,18,19). The van der Waals surface area contributed by atoms with E-state index in [1.54, 1.807) is 12.1 Å². The molecule has 0 aliphatic rings. The maximum absolute atomic E-state index is 12.1. The molecular formula is C15H15ClN2O2. The molecule has 0 saturated carbocycles. The Labute approximate surface area is 122 Å². The number of nitrogens with one attached hydrogen (secondary N) is 1. The number of benzene rings is 1. The van der Waals surface area contributed by atoms with Gasteiger partial charge < -0.3 is 10.1 Å². The minimum absolute atomic E-state index is 0.266. The fourth-order valence-corrected chi connectivity index (χ4v) is 1.78. The number of amides is 1. The number of pyridine rings is 1. The van der Waals surface area contributed by atoms with Crippen molar-refractivity contribution in [3.05, 3.63) is 53.3 Å². The first-order valence-electron chi connectivity index (χ1n) is 6.35. The number of aromatic nitrogens is 1. The summed E-state index contributed by atoms with van der Waals surface area (Å²) in [5.41, 5.74) is 0.885. The van der Waals surface area contributed by atoms with Gasteiger partial charge in [0.2, 0.25) is 0 Å². The van der Waals surface area contributed by atoms with Crippen molar-refractivity contribution in [3.8, 4) is 5.75 Å². The third-order valence-corrected chi connectivity index (χ3v) is 2.79. The fourth-order valence-electron chi connectivity index (χ4n) is 1.62. The van der Waals surface area contributed by atoms with E-state index in [9.17, 15) is 4.79 Å². The van der Waals surface area contributed by atoms with Crippen molar-refractivity contribution in [1.82, 2.24) is 4.98 Å². The molecule has 104 valence electrons. The van der Waals surface area contributed by atoms with Crippen molar-refractivity contribution >= 4 is 23.2 Å². The summed E-state index contributed by atoms with van der Waals surface area (Å²) in [6.45, 7) is 2.62. The number of ether oxygens (including phenoxy) is 1. The van der Waals surface area contributed by atoms with Gasteiger partial charge in [0.25, 0.3) is 5.91 Å². The average molecular weight is 291 g/mol. The van der Waals surface area contributed by atoms with Gasteiger partial charge in [-0.2, -0.15) is 0 Å². The molecule has 4 nitrogen and oxygen atoms in total. The molecular weight excluding hydrogens is 276 g/mol. The summed E-state index contributed by atoms with van der Waals surface area (Å²) >= 11 is 5.85. The van der Waals surface area contributed by atoms with Gasteiger partial charge in [0.15, 0.2) is 0 Å². The van der Waals surface area contributed by atoms with Crippen LogP contribution in [0.1, 0.15) is 23.8 Å². The molecule has 0 fully saturated rings. The van der Waals surface area contributed by atoms with Gasteiger partial charge in [0.1, 0.15) is 11.4 Å². The maximum Gasteiger partial charge on any atom is 0.274 e. The number of anilines is 1. The SMILES string of the molecule is CCCOc1ccccc1NC(=O)c1cc(Cl)ccn1. The minimum Gasteiger partial charge on any atom is -0.491 e. The molecule has 1 aromatic carbocycles. The highest BCUT2D eigenvalue weighted by Crippen LogP contribution is 2.24. The quantitative estimate of drug-likeness (QED) is 0.912. The van der Waals surface area contributed by atoms with Gasteiger partial charge in [-0.05, 0) is 30.7 Å². The van der Waals surface area contributed by atoms with E-state index >= 15 is 0 Å².